The first kappa shape index (κ1) is 16.3. The van der Waals surface area contributed by atoms with Gasteiger partial charge in [0.25, 0.3) is 0 Å². The maximum atomic E-state index is 12.6. The van der Waals surface area contributed by atoms with E-state index < -0.39 is 10.0 Å². The van der Waals surface area contributed by atoms with E-state index in [-0.39, 0.29) is 11.1 Å². The molecule has 1 aromatic heterocycles. The average molecular weight is 383 g/mol. The van der Waals surface area contributed by atoms with Crippen LogP contribution in [0.2, 0.25) is 0 Å². The fourth-order valence-electron chi connectivity index (χ4n) is 3.59. The Balaban J connectivity index is 1.48. The molecule has 1 atom stereocenters. The molecule has 1 unspecified atom stereocenters. The Kier molecular flexibility index (Phi) is 3.66. The Hall–Kier alpha value is -2.91. The van der Waals surface area contributed by atoms with Crippen molar-refractivity contribution >= 4 is 15.7 Å². The lowest BCUT2D eigenvalue weighted by Gasteiger charge is -2.33. The number of benzene rings is 2. The number of ether oxygens (including phenoxy) is 1. The first-order valence-corrected chi connectivity index (χ1v) is 10.2. The van der Waals surface area contributed by atoms with Gasteiger partial charge in [-0.05, 0) is 37.1 Å². The van der Waals surface area contributed by atoms with E-state index in [1.54, 1.807) is 36.7 Å². The number of anilines is 1. The molecular formula is C18H17N5O3S. The molecule has 3 heterocycles. The number of fused-ring (bicyclic) bond motifs is 3. The van der Waals surface area contributed by atoms with Gasteiger partial charge in [0.15, 0.2) is 0 Å². The first-order valence-electron chi connectivity index (χ1n) is 8.68. The molecule has 9 heteroatoms. The zero-order valence-electron chi connectivity index (χ0n) is 14.3. The summed E-state index contributed by atoms with van der Waals surface area (Å²) in [5.41, 5.74) is 1.49. The molecule has 5 rings (SSSR count). The summed E-state index contributed by atoms with van der Waals surface area (Å²) in [6.07, 6.45) is 4.85. The summed E-state index contributed by atoms with van der Waals surface area (Å²) in [6, 6.07) is 12.5. The van der Waals surface area contributed by atoms with Gasteiger partial charge in [0, 0.05) is 18.7 Å². The van der Waals surface area contributed by atoms with Crippen LogP contribution in [0.1, 0.15) is 12.8 Å². The molecule has 0 amide bonds. The van der Waals surface area contributed by atoms with Crippen molar-refractivity contribution < 1.29 is 13.2 Å². The smallest absolute Gasteiger partial charge is 0.244 e. The molecular weight excluding hydrogens is 366 g/mol. The highest BCUT2D eigenvalue weighted by molar-refractivity contribution is 7.89. The molecule has 27 heavy (non-hydrogen) atoms. The fourth-order valence-corrected chi connectivity index (χ4v) is 5.05. The summed E-state index contributed by atoms with van der Waals surface area (Å²) in [5, 5.41) is 8.20. The van der Waals surface area contributed by atoms with Crippen LogP contribution in [0.15, 0.2) is 59.8 Å². The van der Waals surface area contributed by atoms with E-state index >= 15 is 0 Å². The lowest BCUT2D eigenvalue weighted by Crippen LogP contribution is -2.48. The van der Waals surface area contributed by atoms with Crippen LogP contribution < -0.4 is 14.4 Å². The van der Waals surface area contributed by atoms with Crippen LogP contribution in [0.25, 0.3) is 5.69 Å². The van der Waals surface area contributed by atoms with Crippen molar-refractivity contribution in [2.24, 2.45) is 0 Å². The quantitative estimate of drug-likeness (QED) is 0.746. The minimum absolute atomic E-state index is 0.146. The summed E-state index contributed by atoms with van der Waals surface area (Å²) in [6.45, 7) is 0.847. The third-order valence-electron chi connectivity index (χ3n) is 4.78. The zero-order chi connectivity index (χ0) is 18.4. The van der Waals surface area contributed by atoms with Crippen molar-refractivity contribution in [3.05, 3.63) is 54.9 Å². The molecule has 0 aliphatic carbocycles. The van der Waals surface area contributed by atoms with E-state index in [1.165, 1.54) is 4.80 Å². The van der Waals surface area contributed by atoms with Gasteiger partial charge in [-0.1, -0.05) is 6.07 Å². The molecule has 138 valence electrons. The van der Waals surface area contributed by atoms with Crippen LogP contribution >= 0.6 is 0 Å². The predicted molar refractivity (Wildman–Crippen MR) is 98.6 cm³/mol. The van der Waals surface area contributed by atoms with Gasteiger partial charge < -0.3 is 9.64 Å². The summed E-state index contributed by atoms with van der Waals surface area (Å²) < 4.78 is 33.9. The number of sulfonamides is 1. The molecule has 0 bridgehead atoms. The monoisotopic (exact) mass is 383 g/mol. The summed E-state index contributed by atoms with van der Waals surface area (Å²) >= 11 is 0. The van der Waals surface area contributed by atoms with E-state index in [2.05, 4.69) is 19.8 Å². The highest BCUT2D eigenvalue weighted by Gasteiger charge is 2.37. The van der Waals surface area contributed by atoms with Gasteiger partial charge in [-0.3, -0.25) is 0 Å². The highest BCUT2D eigenvalue weighted by Crippen LogP contribution is 2.38. The third kappa shape index (κ3) is 2.84. The van der Waals surface area contributed by atoms with Gasteiger partial charge in [-0.25, -0.2) is 8.42 Å². The normalized spacial score (nSPS) is 20.1. The molecule has 0 spiro atoms. The topological polar surface area (TPSA) is 89.4 Å². The molecule has 1 fully saturated rings. The second-order valence-corrected chi connectivity index (χ2v) is 8.20. The Bertz CT molecular complexity index is 1100. The molecule has 3 aromatic rings. The van der Waals surface area contributed by atoms with Crippen molar-refractivity contribution in [3.8, 4) is 17.2 Å². The minimum atomic E-state index is -3.55. The Morgan fingerprint density at radius 3 is 2.74 bits per heavy atom. The van der Waals surface area contributed by atoms with Gasteiger partial charge >= 0.3 is 0 Å². The number of nitrogens with one attached hydrogen (secondary N) is 1. The van der Waals surface area contributed by atoms with Crippen LogP contribution in [-0.4, -0.2) is 36.1 Å². The van der Waals surface area contributed by atoms with Gasteiger partial charge in [0.2, 0.25) is 10.0 Å². The maximum absolute atomic E-state index is 12.6. The molecule has 2 aliphatic rings. The molecule has 1 N–H and O–H groups in total. The Morgan fingerprint density at radius 2 is 1.89 bits per heavy atom. The second-order valence-electron chi connectivity index (χ2n) is 6.52. The van der Waals surface area contributed by atoms with Gasteiger partial charge in [-0.2, -0.15) is 19.7 Å². The van der Waals surface area contributed by atoms with Crippen molar-refractivity contribution in [2.75, 3.05) is 11.4 Å². The number of rotatable bonds is 3. The molecule has 0 radical (unpaired) electrons. The Labute approximate surface area is 156 Å². The van der Waals surface area contributed by atoms with Gasteiger partial charge in [0.05, 0.1) is 29.9 Å². The van der Waals surface area contributed by atoms with E-state index in [0.717, 1.165) is 30.8 Å². The van der Waals surface area contributed by atoms with E-state index in [1.807, 2.05) is 18.2 Å². The lowest BCUT2D eigenvalue weighted by atomic mass is 10.2. The van der Waals surface area contributed by atoms with Crippen molar-refractivity contribution in [3.63, 3.8) is 0 Å². The maximum Gasteiger partial charge on any atom is 0.244 e. The predicted octanol–water partition coefficient (Wildman–Crippen LogP) is 2.28. The van der Waals surface area contributed by atoms with Crippen molar-refractivity contribution in [2.45, 2.75) is 23.9 Å². The van der Waals surface area contributed by atoms with Crippen LogP contribution in [0.5, 0.6) is 11.5 Å². The van der Waals surface area contributed by atoms with Crippen molar-refractivity contribution in [1.82, 2.24) is 19.7 Å². The molecule has 2 aliphatic heterocycles. The lowest BCUT2D eigenvalue weighted by molar-refractivity contribution is 0.478. The summed E-state index contributed by atoms with van der Waals surface area (Å²) in [7, 11) is -3.55. The minimum Gasteiger partial charge on any atom is -0.457 e. The summed E-state index contributed by atoms with van der Waals surface area (Å²) in [4.78, 5) is 3.84. The molecule has 2 aromatic carbocycles. The molecule has 0 saturated carbocycles. The Morgan fingerprint density at radius 1 is 1.07 bits per heavy atom. The van der Waals surface area contributed by atoms with Crippen LogP contribution in [-0.2, 0) is 10.0 Å². The van der Waals surface area contributed by atoms with Gasteiger partial charge in [-0.15, -0.1) is 0 Å². The molecule has 1 saturated heterocycles. The number of nitrogens with zero attached hydrogens (tertiary/aromatic N) is 4. The largest absolute Gasteiger partial charge is 0.457 e. The number of hydrogen-bond acceptors (Lipinski definition) is 6. The standard InChI is InChI=1S/C18H17N5O3S/c24-27(25)17-12-15(6-7-16(17)22-10-2-5-18(22)21-27)26-14-4-1-3-13(11-14)23-19-8-9-20-23/h1,3-4,6-9,11-12,18,21H,2,5,10H2. The first-order chi connectivity index (χ1) is 13.1. The van der Waals surface area contributed by atoms with Crippen molar-refractivity contribution in [1.29, 1.82) is 0 Å². The van der Waals surface area contributed by atoms with E-state index in [0.29, 0.717) is 11.5 Å². The highest BCUT2D eigenvalue weighted by atomic mass is 32.2. The van der Waals surface area contributed by atoms with Gasteiger partial charge in [0.1, 0.15) is 16.4 Å². The fraction of sp³-hybridized carbons (Fsp3) is 0.222. The third-order valence-corrected chi connectivity index (χ3v) is 6.27. The summed E-state index contributed by atoms with van der Waals surface area (Å²) in [5.74, 6) is 1.03. The second kappa shape index (κ2) is 6.07. The van der Waals surface area contributed by atoms with E-state index in [4.69, 9.17) is 4.74 Å². The zero-order valence-corrected chi connectivity index (χ0v) is 15.1. The van der Waals surface area contributed by atoms with Crippen LogP contribution in [0.4, 0.5) is 5.69 Å². The average Bonchev–Trinajstić information content (AvgIpc) is 3.33. The van der Waals surface area contributed by atoms with E-state index in [9.17, 15) is 8.42 Å². The van der Waals surface area contributed by atoms with Crippen LogP contribution in [0, 0.1) is 0 Å². The molecule has 8 nitrogen and oxygen atoms in total. The number of hydrogen-bond donors (Lipinski definition) is 1. The van der Waals surface area contributed by atoms with Crippen LogP contribution in [0.3, 0.4) is 0 Å². The SMILES string of the molecule is O=S1(=O)NC2CCCN2c2ccc(Oc3cccc(-n4nccn4)c3)cc21. The number of aromatic nitrogens is 3.